The first kappa shape index (κ1) is 23.5. The van der Waals surface area contributed by atoms with E-state index in [9.17, 15) is 13.2 Å². The zero-order valence-electron chi connectivity index (χ0n) is 15.0. The molecular weight excluding hydrogens is 448 g/mol. The summed E-state index contributed by atoms with van der Waals surface area (Å²) in [4.78, 5) is 0. The molecule has 0 amide bonds. The Bertz CT molecular complexity index is 801. The monoisotopic (exact) mass is 468 g/mol. The standard InChI is InChI=1S/C17H20PS2.CHF3O3S/c1-18(15-9-4-2-5-10-15,16-11-6-3-7-12-16)17-19-13-8-14-20-17;2-1(3,4)8(5,6)7/h2-7,9-12,17H,8,13-14H2,1H3;(H,5,6,7)/q+1;/p-1. The first-order valence-electron chi connectivity index (χ1n) is 8.29. The van der Waals surface area contributed by atoms with E-state index in [-0.39, 0.29) is 0 Å². The van der Waals surface area contributed by atoms with Crippen molar-refractivity contribution in [3.63, 3.8) is 0 Å². The maximum atomic E-state index is 10.7. The van der Waals surface area contributed by atoms with Gasteiger partial charge in [-0.05, 0) is 42.2 Å². The van der Waals surface area contributed by atoms with Gasteiger partial charge in [-0.25, -0.2) is 8.42 Å². The van der Waals surface area contributed by atoms with E-state index in [2.05, 4.69) is 90.9 Å². The molecule has 0 saturated carbocycles. The fourth-order valence-electron chi connectivity index (χ4n) is 2.64. The zero-order valence-corrected chi connectivity index (χ0v) is 18.3. The van der Waals surface area contributed by atoms with Crippen molar-refractivity contribution in [1.82, 2.24) is 0 Å². The van der Waals surface area contributed by atoms with Crippen LogP contribution in [-0.2, 0) is 10.1 Å². The second-order valence-electron chi connectivity index (χ2n) is 6.05. The number of benzene rings is 2. The Morgan fingerprint density at radius 3 is 1.61 bits per heavy atom. The van der Waals surface area contributed by atoms with Gasteiger partial charge in [0.15, 0.2) is 14.4 Å². The van der Waals surface area contributed by atoms with Crippen LogP contribution in [0, 0.1) is 0 Å². The van der Waals surface area contributed by atoms with Crippen LogP contribution in [0.25, 0.3) is 0 Å². The third-order valence-electron chi connectivity index (χ3n) is 4.10. The summed E-state index contributed by atoms with van der Waals surface area (Å²) < 4.78 is 59.6. The minimum absolute atomic E-state index is 0.709. The molecule has 0 radical (unpaired) electrons. The molecule has 0 spiro atoms. The van der Waals surface area contributed by atoms with Gasteiger partial charge in [0.05, 0.1) is 13.9 Å². The minimum atomic E-state index is -6.09. The first-order valence-corrected chi connectivity index (χ1v) is 14.1. The van der Waals surface area contributed by atoms with Crippen LogP contribution in [0.3, 0.4) is 0 Å². The molecule has 3 nitrogen and oxygen atoms in total. The third-order valence-corrected chi connectivity index (χ3v) is 14.1. The van der Waals surface area contributed by atoms with Crippen molar-refractivity contribution in [2.24, 2.45) is 0 Å². The van der Waals surface area contributed by atoms with Crippen LogP contribution >= 0.6 is 30.8 Å². The molecule has 1 aliphatic rings. The van der Waals surface area contributed by atoms with Crippen LogP contribution in [0.4, 0.5) is 13.2 Å². The van der Waals surface area contributed by atoms with Crippen molar-refractivity contribution in [1.29, 1.82) is 0 Å². The molecule has 1 heterocycles. The lowest BCUT2D eigenvalue weighted by atomic mass is 10.4. The Hall–Kier alpha value is -0.730. The maximum Gasteiger partial charge on any atom is 0.485 e. The Balaban J connectivity index is 0.000000300. The van der Waals surface area contributed by atoms with Crippen LogP contribution in [0.5, 0.6) is 0 Å². The summed E-state index contributed by atoms with van der Waals surface area (Å²) in [5.41, 5.74) is -5.65. The van der Waals surface area contributed by atoms with Gasteiger partial charge in [0.1, 0.15) is 10.6 Å². The van der Waals surface area contributed by atoms with Crippen molar-refractivity contribution in [2.45, 2.75) is 16.3 Å². The first-order chi connectivity index (χ1) is 13.1. The van der Waals surface area contributed by atoms with Gasteiger partial charge in [-0.2, -0.15) is 13.2 Å². The molecule has 3 rings (SSSR count). The third kappa shape index (κ3) is 5.89. The summed E-state index contributed by atoms with van der Waals surface area (Å²) >= 11 is 4.34. The highest BCUT2D eigenvalue weighted by Gasteiger charge is 2.47. The summed E-state index contributed by atoms with van der Waals surface area (Å²) in [6.45, 7) is 2.52. The average Bonchev–Trinajstić information content (AvgIpc) is 2.68. The number of halogens is 3. The molecule has 1 aliphatic heterocycles. The quantitative estimate of drug-likeness (QED) is 0.378. The topological polar surface area (TPSA) is 57.2 Å². The summed E-state index contributed by atoms with van der Waals surface area (Å²) in [6.07, 6.45) is 1.36. The molecule has 10 heteroatoms. The minimum Gasteiger partial charge on any atom is -0.741 e. The van der Waals surface area contributed by atoms with Crippen molar-refractivity contribution < 1.29 is 26.1 Å². The number of hydrogen-bond donors (Lipinski definition) is 0. The summed E-state index contributed by atoms with van der Waals surface area (Å²) in [7, 11) is -7.41. The largest absolute Gasteiger partial charge is 0.741 e. The van der Waals surface area contributed by atoms with Crippen molar-refractivity contribution in [2.75, 3.05) is 18.2 Å². The molecule has 28 heavy (non-hydrogen) atoms. The van der Waals surface area contributed by atoms with Crippen molar-refractivity contribution >= 4 is 51.5 Å². The van der Waals surface area contributed by atoms with Gasteiger partial charge >= 0.3 is 5.51 Å². The molecule has 0 unspecified atom stereocenters. The zero-order chi connectivity index (χ0) is 20.8. The molecule has 0 aromatic heterocycles. The number of rotatable bonds is 3. The fourth-order valence-corrected chi connectivity index (χ4v) is 11.7. The highest BCUT2D eigenvalue weighted by atomic mass is 32.2. The van der Waals surface area contributed by atoms with Crippen LogP contribution in [-0.4, -0.2) is 41.0 Å². The molecule has 0 N–H and O–H groups in total. The van der Waals surface area contributed by atoms with Crippen molar-refractivity contribution in [3.8, 4) is 0 Å². The molecule has 0 atom stereocenters. The lowest BCUT2D eigenvalue weighted by molar-refractivity contribution is -0.0517. The smallest absolute Gasteiger partial charge is 0.485 e. The second-order valence-corrected chi connectivity index (χ2v) is 14.5. The molecule has 2 aromatic rings. The van der Waals surface area contributed by atoms with E-state index in [0.29, 0.717) is 4.32 Å². The number of thioether (sulfide) groups is 2. The van der Waals surface area contributed by atoms with E-state index >= 15 is 0 Å². The summed E-state index contributed by atoms with van der Waals surface area (Å²) in [5.74, 6) is 2.62. The lowest BCUT2D eigenvalue weighted by Gasteiger charge is -2.32. The Morgan fingerprint density at radius 2 is 1.29 bits per heavy atom. The molecular formula is C18H20F3O3PS3. The van der Waals surface area contributed by atoms with E-state index in [1.165, 1.54) is 28.5 Å². The average molecular weight is 469 g/mol. The van der Waals surface area contributed by atoms with Gasteiger partial charge in [-0.1, -0.05) is 36.4 Å². The molecule has 0 bridgehead atoms. The van der Waals surface area contributed by atoms with Gasteiger partial charge in [0.2, 0.25) is 0 Å². The molecule has 154 valence electrons. The molecule has 0 aliphatic carbocycles. The van der Waals surface area contributed by atoms with E-state index in [0.717, 1.165) is 0 Å². The van der Waals surface area contributed by atoms with E-state index in [4.69, 9.17) is 13.0 Å². The van der Waals surface area contributed by atoms with Crippen LogP contribution < -0.4 is 10.6 Å². The van der Waals surface area contributed by atoms with Gasteiger partial charge in [0, 0.05) is 0 Å². The van der Waals surface area contributed by atoms with Gasteiger partial charge in [-0.3, -0.25) is 0 Å². The highest BCUT2D eigenvalue weighted by Crippen LogP contribution is 2.65. The molecule has 1 saturated heterocycles. The van der Waals surface area contributed by atoms with Gasteiger partial charge in [0.25, 0.3) is 0 Å². The Labute approximate surface area is 172 Å². The summed E-state index contributed by atoms with van der Waals surface area (Å²) in [5, 5.41) is 3.08. The van der Waals surface area contributed by atoms with E-state index < -0.39 is 22.9 Å². The SMILES string of the molecule is C[P+](c1ccccc1)(c1ccccc1)C1SCCCS1.O=S(=O)([O-])C(F)(F)F. The lowest BCUT2D eigenvalue weighted by Crippen LogP contribution is -2.29. The predicted molar refractivity (Wildman–Crippen MR) is 114 cm³/mol. The fraction of sp³-hybridized carbons (Fsp3) is 0.333. The maximum absolute atomic E-state index is 10.7. The number of hydrogen-bond acceptors (Lipinski definition) is 5. The molecule has 2 aromatic carbocycles. The number of alkyl halides is 3. The molecule has 1 fully saturated rings. The van der Waals surface area contributed by atoms with Crippen LogP contribution in [0.1, 0.15) is 6.42 Å². The summed E-state index contributed by atoms with van der Waals surface area (Å²) in [6, 6.07) is 22.3. The Morgan fingerprint density at radius 1 is 0.929 bits per heavy atom. The second kappa shape index (κ2) is 9.85. The predicted octanol–water partition coefficient (Wildman–Crippen LogP) is 4.49. The highest BCUT2D eigenvalue weighted by molar-refractivity contribution is 8.28. The van der Waals surface area contributed by atoms with Gasteiger partial charge in [-0.15, -0.1) is 23.5 Å². The van der Waals surface area contributed by atoms with Crippen LogP contribution in [0.15, 0.2) is 60.7 Å². The van der Waals surface area contributed by atoms with E-state index in [1.54, 1.807) is 0 Å². The normalized spacial score (nSPS) is 16.2. The van der Waals surface area contributed by atoms with E-state index in [1.807, 2.05) is 0 Å². The van der Waals surface area contributed by atoms with Crippen LogP contribution in [0.2, 0.25) is 0 Å². The van der Waals surface area contributed by atoms with Gasteiger partial charge < -0.3 is 4.55 Å². The Kier molecular flexibility index (Phi) is 8.28. The van der Waals surface area contributed by atoms with Crippen molar-refractivity contribution in [3.05, 3.63) is 60.7 Å².